The molecule has 0 aliphatic heterocycles. The van der Waals surface area contributed by atoms with E-state index in [1.807, 2.05) is 0 Å². The van der Waals surface area contributed by atoms with E-state index in [0.717, 1.165) is 0 Å². The molecule has 6 aromatic carbocycles. The molecule has 0 fully saturated rings. The lowest BCUT2D eigenvalue weighted by Gasteiger charge is -2.21. The van der Waals surface area contributed by atoms with E-state index in [1.165, 1.54) is 6.07 Å². The molecule has 2 aliphatic carbocycles. The number of hydrogen-bond donors (Lipinski definition) is 3. The molecule has 0 bridgehead atoms. The molecule has 0 saturated heterocycles. The highest BCUT2D eigenvalue weighted by Crippen LogP contribution is 2.39. The van der Waals surface area contributed by atoms with Crippen LogP contribution >= 0.6 is 0 Å². The molecule has 2 heterocycles. The Hall–Kier alpha value is -7.26. The van der Waals surface area contributed by atoms with E-state index in [9.17, 15) is 28.8 Å². The van der Waals surface area contributed by atoms with E-state index in [4.69, 9.17) is 0 Å². The summed E-state index contributed by atoms with van der Waals surface area (Å²) in [5.74, 6) is -1.81. The van der Waals surface area contributed by atoms with Gasteiger partial charge < -0.3 is 15.3 Å². The topological polar surface area (TPSA) is 146 Å². The molecular weight excluding hydrogens is 642 g/mol. The van der Waals surface area contributed by atoms with Crippen LogP contribution in [0.25, 0.3) is 43.6 Å². The van der Waals surface area contributed by atoms with Gasteiger partial charge in [0.2, 0.25) is 0 Å². The number of benzene rings is 6. The largest absolute Gasteiger partial charge is 0.354 e. The molecule has 1 amide bonds. The van der Waals surface area contributed by atoms with Gasteiger partial charge in [-0.1, -0.05) is 60.7 Å². The Morgan fingerprint density at radius 2 is 0.980 bits per heavy atom. The minimum atomic E-state index is -0.406. The third kappa shape index (κ3) is 3.85. The fourth-order valence-electron chi connectivity index (χ4n) is 7.66. The number of aromatic amines is 2. The average Bonchev–Trinajstić information content (AvgIpc) is 3.52. The second-order valence-corrected chi connectivity index (χ2v) is 12.8. The molecule has 0 unspecified atom stereocenters. The molecule has 3 N–H and O–H groups in total. The van der Waals surface area contributed by atoms with Gasteiger partial charge in [0.1, 0.15) is 0 Å². The molecule has 8 aromatic rings. The molecule has 51 heavy (non-hydrogen) atoms. The maximum Gasteiger partial charge on any atom is 0.255 e. The highest BCUT2D eigenvalue weighted by molar-refractivity contribution is 6.35. The lowest BCUT2D eigenvalue weighted by Crippen LogP contribution is -2.24. The highest BCUT2D eigenvalue weighted by atomic mass is 16.2. The molecule has 0 spiro atoms. The fourth-order valence-corrected chi connectivity index (χ4v) is 7.66. The van der Waals surface area contributed by atoms with Gasteiger partial charge in [0.25, 0.3) is 5.91 Å². The van der Waals surface area contributed by atoms with Crippen LogP contribution in [-0.2, 0) is 0 Å². The fraction of sp³-hybridized carbons (Fsp3) is 0. The lowest BCUT2D eigenvalue weighted by atomic mass is 9.82. The molecule has 9 nitrogen and oxygen atoms in total. The van der Waals surface area contributed by atoms with Crippen molar-refractivity contribution in [3.63, 3.8) is 0 Å². The molecule has 10 rings (SSSR count). The molecule has 0 saturated carbocycles. The van der Waals surface area contributed by atoms with Crippen LogP contribution in [0.1, 0.15) is 74.0 Å². The number of carbonyl (C=O) groups is 5. The standard InChI is InChI=1S/C42H21N3O6/c46-37-21-9-4-5-10-22(21)39(48)33-24(37)15-16-26-36(33)44-31-17-27-20-13-14-25-34(35(20)43-30(27)18-28(31)38(26)47)41(50)23-11-6-12-29(32(23)40(25)49)45-42(51)19-7-2-1-3-8-19/h1-18,43H,(H,44,47)(H,45,51). The number of carbonyl (C=O) groups excluding carboxylic acids is 5. The average molecular weight is 664 g/mol. The normalized spacial score (nSPS) is 13.4. The lowest BCUT2D eigenvalue weighted by molar-refractivity contribution is 0.0979. The number of hydrogen-bond acceptors (Lipinski definition) is 6. The van der Waals surface area contributed by atoms with Crippen molar-refractivity contribution < 1.29 is 24.0 Å². The van der Waals surface area contributed by atoms with Gasteiger partial charge in [-0.15, -0.1) is 0 Å². The summed E-state index contributed by atoms with van der Waals surface area (Å²) < 4.78 is 0. The van der Waals surface area contributed by atoms with E-state index >= 15 is 0 Å². The first-order chi connectivity index (χ1) is 24.8. The Labute approximate surface area is 286 Å². The summed E-state index contributed by atoms with van der Waals surface area (Å²) in [6.07, 6.45) is 0. The van der Waals surface area contributed by atoms with Gasteiger partial charge in [-0.2, -0.15) is 0 Å². The van der Waals surface area contributed by atoms with Gasteiger partial charge in [-0.3, -0.25) is 28.8 Å². The van der Waals surface area contributed by atoms with Crippen LogP contribution in [0.4, 0.5) is 5.69 Å². The van der Waals surface area contributed by atoms with Gasteiger partial charge >= 0.3 is 0 Å². The second kappa shape index (κ2) is 10.1. The third-order valence-corrected chi connectivity index (χ3v) is 10.0. The maximum atomic E-state index is 14.2. The predicted octanol–water partition coefficient (Wildman–Crippen LogP) is 7.12. The van der Waals surface area contributed by atoms with Crippen molar-refractivity contribution in [3.05, 3.63) is 169 Å². The van der Waals surface area contributed by atoms with Crippen LogP contribution in [0, 0.1) is 0 Å². The number of nitrogens with one attached hydrogen (secondary N) is 3. The van der Waals surface area contributed by atoms with Gasteiger partial charge in [0.05, 0.1) is 38.9 Å². The summed E-state index contributed by atoms with van der Waals surface area (Å²) in [6.45, 7) is 0. The molecule has 2 aliphatic rings. The molecular formula is C42H21N3O6. The van der Waals surface area contributed by atoms with E-state index < -0.39 is 11.7 Å². The maximum absolute atomic E-state index is 14.2. The van der Waals surface area contributed by atoms with Gasteiger partial charge in [-0.25, -0.2) is 0 Å². The zero-order valence-electron chi connectivity index (χ0n) is 26.3. The van der Waals surface area contributed by atoms with Crippen molar-refractivity contribution in [2.75, 3.05) is 5.32 Å². The SMILES string of the molecule is O=C(Nc1cccc2c1C(=O)c1ccc3c([nH]c4cc5c(=O)c6ccc7c(c6[nH]c5cc43)C(=O)c3ccccc3C7=O)c1C2=O)c1ccccc1. The monoisotopic (exact) mass is 663 g/mol. The number of H-pyrrole nitrogens is 2. The number of rotatable bonds is 2. The Bertz CT molecular complexity index is 3060. The van der Waals surface area contributed by atoms with Gasteiger partial charge in [-0.05, 0) is 48.5 Å². The van der Waals surface area contributed by atoms with E-state index in [2.05, 4.69) is 15.3 Å². The number of ketones is 4. The minimum absolute atomic E-state index is 0.122. The van der Waals surface area contributed by atoms with Gasteiger partial charge in [0, 0.05) is 60.4 Å². The first kappa shape index (κ1) is 28.7. The quantitative estimate of drug-likeness (QED) is 0.168. The molecule has 240 valence electrons. The smallest absolute Gasteiger partial charge is 0.255 e. The zero-order valence-corrected chi connectivity index (χ0v) is 26.3. The van der Waals surface area contributed by atoms with E-state index in [0.29, 0.717) is 43.8 Å². The van der Waals surface area contributed by atoms with Crippen LogP contribution in [0.2, 0.25) is 0 Å². The molecule has 9 heteroatoms. The van der Waals surface area contributed by atoms with E-state index in [1.54, 1.807) is 103 Å². The first-order valence-corrected chi connectivity index (χ1v) is 16.2. The number of pyridine rings is 1. The summed E-state index contributed by atoms with van der Waals surface area (Å²) in [5, 5.41) is 4.75. The number of fused-ring (bicyclic) bond motifs is 11. The van der Waals surface area contributed by atoms with Crippen molar-refractivity contribution in [3.8, 4) is 0 Å². The first-order valence-electron chi connectivity index (χ1n) is 16.2. The van der Waals surface area contributed by atoms with Crippen LogP contribution in [0.15, 0.2) is 114 Å². The molecule has 2 aromatic heterocycles. The summed E-state index contributed by atoms with van der Waals surface area (Å²) in [4.78, 5) is 88.9. The van der Waals surface area contributed by atoms with Crippen molar-refractivity contribution in [2.24, 2.45) is 0 Å². The zero-order chi connectivity index (χ0) is 34.7. The van der Waals surface area contributed by atoms with Crippen molar-refractivity contribution in [2.45, 2.75) is 0 Å². The number of amides is 1. The Balaban J connectivity index is 1.14. The van der Waals surface area contributed by atoms with Crippen molar-refractivity contribution >= 4 is 78.3 Å². The van der Waals surface area contributed by atoms with Gasteiger partial charge in [0.15, 0.2) is 28.6 Å². The van der Waals surface area contributed by atoms with Crippen LogP contribution in [0.5, 0.6) is 0 Å². The van der Waals surface area contributed by atoms with Crippen molar-refractivity contribution in [1.29, 1.82) is 0 Å². The second-order valence-electron chi connectivity index (χ2n) is 12.8. The Kier molecular flexibility index (Phi) is 5.71. The summed E-state index contributed by atoms with van der Waals surface area (Å²) in [7, 11) is 0. The van der Waals surface area contributed by atoms with Crippen LogP contribution in [-0.4, -0.2) is 39.0 Å². The Morgan fingerprint density at radius 3 is 1.73 bits per heavy atom. The summed E-state index contributed by atoms with van der Waals surface area (Å²) in [5.41, 5.74) is 3.73. The van der Waals surface area contributed by atoms with Crippen LogP contribution < -0.4 is 10.7 Å². The van der Waals surface area contributed by atoms with Crippen LogP contribution in [0.3, 0.4) is 0 Å². The number of aromatic nitrogens is 2. The predicted molar refractivity (Wildman–Crippen MR) is 192 cm³/mol. The highest BCUT2D eigenvalue weighted by Gasteiger charge is 2.35. The summed E-state index contributed by atoms with van der Waals surface area (Å²) >= 11 is 0. The Morgan fingerprint density at radius 1 is 0.451 bits per heavy atom. The van der Waals surface area contributed by atoms with E-state index in [-0.39, 0.29) is 78.3 Å². The third-order valence-electron chi connectivity index (χ3n) is 10.0. The molecule has 0 radical (unpaired) electrons. The van der Waals surface area contributed by atoms with Crippen molar-refractivity contribution in [1.82, 2.24) is 9.97 Å². The summed E-state index contributed by atoms with van der Waals surface area (Å²) in [6, 6.07) is 29.9. The minimum Gasteiger partial charge on any atom is -0.354 e. The number of anilines is 1. The molecule has 0 atom stereocenters.